The van der Waals surface area contributed by atoms with Crippen molar-refractivity contribution in [3.63, 3.8) is 0 Å². The third-order valence-corrected chi connectivity index (χ3v) is 5.68. The van der Waals surface area contributed by atoms with E-state index in [1.165, 1.54) is 6.92 Å². The first-order chi connectivity index (χ1) is 14.9. The van der Waals surface area contributed by atoms with Gasteiger partial charge in [-0.05, 0) is 49.2 Å². The summed E-state index contributed by atoms with van der Waals surface area (Å²) in [6, 6.07) is 9.80. The van der Waals surface area contributed by atoms with Crippen LogP contribution < -0.4 is 16.2 Å². The van der Waals surface area contributed by atoms with Crippen LogP contribution in [0.15, 0.2) is 41.2 Å². The van der Waals surface area contributed by atoms with E-state index in [1.807, 2.05) is 0 Å². The monoisotopic (exact) mass is 438 g/mol. The number of nitrogens with zero attached hydrogens (tertiary/aromatic N) is 2. The molecule has 2 aromatic carbocycles. The van der Waals surface area contributed by atoms with E-state index in [4.69, 9.17) is 16.6 Å². The average Bonchev–Trinajstić information content (AvgIpc) is 2.71. The maximum atomic E-state index is 12.9. The van der Waals surface area contributed by atoms with Crippen molar-refractivity contribution in [1.82, 2.24) is 9.55 Å². The summed E-state index contributed by atoms with van der Waals surface area (Å²) in [6.45, 7) is 2.08. The molecule has 2 N–H and O–H groups in total. The van der Waals surface area contributed by atoms with Gasteiger partial charge in [-0.15, -0.1) is 0 Å². The van der Waals surface area contributed by atoms with Crippen LogP contribution in [-0.4, -0.2) is 21.4 Å². The zero-order valence-electron chi connectivity index (χ0n) is 17.2. The molecule has 0 saturated heterocycles. The fourth-order valence-corrected chi connectivity index (χ4v) is 4.05. The molecule has 0 saturated carbocycles. The molecule has 2 heterocycles. The Balaban J connectivity index is 1.61. The van der Waals surface area contributed by atoms with Crippen molar-refractivity contribution in [3.8, 4) is 0 Å². The van der Waals surface area contributed by atoms with Crippen molar-refractivity contribution in [2.24, 2.45) is 0 Å². The predicted molar refractivity (Wildman–Crippen MR) is 122 cm³/mol. The van der Waals surface area contributed by atoms with Gasteiger partial charge in [0.05, 0.1) is 21.6 Å². The van der Waals surface area contributed by atoms with Crippen LogP contribution in [0.5, 0.6) is 0 Å². The molecule has 8 heteroatoms. The standard InChI is InChI=1S/C23H23ClN4O3/c1-14(29)25-19-10-8-16(13-18(19)24)26-22(30)15-7-9-17-20(12-15)27-21-6-4-2-3-5-11-28(21)23(17)31/h7-10,12-13H,2-6,11H2,1H3,(H,25,29)(H,26,30). The topological polar surface area (TPSA) is 93.1 Å². The summed E-state index contributed by atoms with van der Waals surface area (Å²) in [4.78, 5) is 41.6. The van der Waals surface area contributed by atoms with Crippen molar-refractivity contribution in [3.05, 3.63) is 63.2 Å². The molecule has 4 rings (SSSR count). The van der Waals surface area contributed by atoms with Crippen LogP contribution in [0.1, 0.15) is 48.8 Å². The average molecular weight is 439 g/mol. The number of amides is 2. The first kappa shape index (κ1) is 21.1. The zero-order valence-corrected chi connectivity index (χ0v) is 18.0. The summed E-state index contributed by atoms with van der Waals surface area (Å²) in [5.74, 6) is 0.223. The number of rotatable bonds is 3. The summed E-state index contributed by atoms with van der Waals surface area (Å²) < 4.78 is 1.78. The SMILES string of the molecule is CC(=O)Nc1ccc(NC(=O)c2ccc3c(=O)n4c(nc3c2)CCCCCC4)cc1Cl. The largest absolute Gasteiger partial charge is 0.325 e. The van der Waals surface area contributed by atoms with E-state index in [1.54, 1.807) is 41.0 Å². The Hall–Kier alpha value is -3.19. The summed E-state index contributed by atoms with van der Waals surface area (Å²) in [5, 5.41) is 6.25. The number of benzene rings is 2. The second kappa shape index (κ2) is 8.89. The maximum Gasteiger partial charge on any atom is 0.261 e. The molecule has 2 amide bonds. The maximum absolute atomic E-state index is 12.9. The fourth-order valence-electron chi connectivity index (χ4n) is 3.82. The smallest absolute Gasteiger partial charge is 0.261 e. The lowest BCUT2D eigenvalue weighted by Gasteiger charge is -2.16. The number of carbonyl (C=O) groups is 2. The highest BCUT2D eigenvalue weighted by Crippen LogP contribution is 2.26. The highest BCUT2D eigenvalue weighted by Gasteiger charge is 2.15. The normalized spacial score (nSPS) is 13.7. The lowest BCUT2D eigenvalue weighted by molar-refractivity contribution is -0.114. The molecule has 0 atom stereocenters. The molecule has 0 bridgehead atoms. The second-order valence-corrected chi connectivity index (χ2v) is 8.12. The predicted octanol–water partition coefficient (Wildman–Crippen LogP) is 4.38. The summed E-state index contributed by atoms with van der Waals surface area (Å²) in [5.41, 5.74) is 1.85. The number of anilines is 2. The van der Waals surface area contributed by atoms with E-state index in [-0.39, 0.29) is 17.4 Å². The lowest BCUT2D eigenvalue weighted by Crippen LogP contribution is -2.26. The van der Waals surface area contributed by atoms with E-state index >= 15 is 0 Å². The molecule has 0 radical (unpaired) electrons. The molecule has 7 nitrogen and oxygen atoms in total. The molecule has 0 unspecified atom stereocenters. The lowest BCUT2D eigenvalue weighted by atomic mass is 10.1. The zero-order chi connectivity index (χ0) is 22.0. The van der Waals surface area contributed by atoms with Crippen molar-refractivity contribution in [2.45, 2.75) is 45.6 Å². The first-order valence-electron chi connectivity index (χ1n) is 10.3. The quantitative estimate of drug-likeness (QED) is 0.634. The van der Waals surface area contributed by atoms with Gasteiger partial charge in [0.15, 0.2) is 0 Å². The van der Waals surface area contributed by atoms with E-state index in [9.17, 15) is 14.4 Å². The Morgan fingerprint density at radius 3 is 2.61 bits per heavy atom. The minimum atomic E-state index is -0.334. The molecular weight excluding hydrogens is 416 g/mol. The van der Waals surface area contributed by atoms with Crippen molar-refractivity contribution in [2.75, 3.05) is 10.6 Å². The number of aryl methyl sites for hydroxylation is 1. The number of hydrogen-bond donors (Lipinski definition) is 2. The number of hydrogen-bond acceptors (Lipinski definition) is 4. The molecule has 0 fully saturated rings. The molecule has 0 spiro atoms. The molecule has 1 aliphatic heterocycles. The highest BCUT2D eigenvalue weighted by molar-refractivity contribution is 6.34. The molecule has 0 aliphatic carbocycles. The minimum absolute atomic E-state index is 0.0470. The molecule has 31 heavy (non-hydrogen) atoms. The van der Waals surface area contributed by atoms with E-state index < -0.39 is 0 Å². The van der Waals surface area contributed by atoms with Gasteiger partial charge in [0.2, 0.25) is 5.91 Å². The number of fused-ring (bicyclic) bond motifs is 2. The van der Waals surface area contributed by atoms with Gasteiger partial charge in [0.25, 0.3) is 11.5 Å². The highest BCUT2D eigenvalue weighted by atomic mass is 35.5. The number of carbonyl (C=O) groups excluding carboxylic acids is 2. The Kier molecular flexibility index (Phi) is 6.04. The number of nitrogens with one attached hydrogen (secondary N) is 2. The molecule has 1 aromatic heterocycles. The number of aromatic nitrogens is 2. The van der Waals surface area contributed by atoms with Gasteiger partial charge < -0.3 is 10.6 Å². The Morgan fingerprint density at radius 2 is 1.84 bits per heavy atom. The molecule has 3 aromatic rings. The second-order valence-electron chi connectivity index (χ2n) is 7.71. The van der Waals surface area contributed by atoms with Gasteiger partial charge in [-0.25, -0.2) is 4.98 Å². The van der Waals surface area contributed by atoms with Crippen LogP contribution in [0.4, 0.5) is 11.4 Å². The van der Waals surface area contributed by atoms with Crippen LogP contribution in [0.2, 0.25) is 5.02 Å². The Bertz CT molecular complexity index is 1240. The van der Waals surface area contributed by atoms with Gasteiger partial charge in [-0.1, -0.05) is 24.4 Å². The van der Waals surface area contributed by atoms with Gasteiger partial charge in [0.1, 0.15) is 5.82 Å². The van der Waals surface area contributed by atoms with Crippen LogP contribution in [-0.2, 0) is 17.8 Å². The molecule has 1 aliphatic rings. The van der Waals surface area contributed by atoms with Crippen molar-refractivity contribution in [1.29, 1.82) is 0 Å². The van der Waals surface area contributed by atoms with Gasteiger partial charge in [-0.3, -0.25) is 19.0 Å². The Morgan fingerprint density at radius 1 is 1.03 bits per heavy atom. The van der Waals surface area contributed by atoms with Crippen LogP contribution in [0.3, 0.4) is 0 Å². The van der Waals surface area contributed by atoms with E-state index in [2.05, 4.69) is 10.6 Å². The van der Waals surface area contributed by atoms with Crippen LogP contribution in [0, 0.1) is 0 Å². The van der Waals surface area contributed by atoms with Crippen LogP contribution in [0.25, 0.3) is 10.9 Å². The summed E-state index contributed by atoms with van der Waals surface area (Å²) in [6.07, 6.45) is 5.01. The molecule has 160 valence electrons. The Labute approximate surface area is 184 Å². The van der Waals surface area contributed by atoms with Crippen LogP contribution >= 0.6 is 11.6 Å². The fraction of sp³-hybridized carbons (Fsp3) is 0.304. The third kappa shape index (κ3) is 4.61. The van der Waals surface area contributed by atoms with Gasteiger partial charge in [-0.2, -0.15) is 0 Å². The third-order valence-electron chi connectivity index (χ3n) is 5.37. The van der Waals surface area contributed by atoms with Gasteiger partial charge >= 0.3 is 0 Å². The van der Waals surface area contributed by atoms with Gasteiger partial charge in [0, 0.05) is 31.1 Å². The van der Waals surface area contributed by atoms with Crippen molar-refractivity contribution < 1.29 is 9.59 Å². The minimum Gasteiger partial charge on any atom is -0.325 e. The van der Waals surface area contributed by atoms with E-state index in [0.29, 0.717) is 39.4 Å². The summed E-state index contributed by atoms with van der Waals surface area (Å²) in [7, 11) is 0. The van der Waals surface area contributed by atoms with Crippen molar-refractivity contribution >= 4 is 45.7 Å². The van der Waals surface area contributed by atoms with E-state index in [0.717, 1.165) is 37.9 Å². The number of halogens is 1. The molecular formula is C23H23ClN4O3. The summed E-state index contributed by atoms with van der Waals surface area (Å²) >= 11 is 6.18. The first-order valence-corrected chi connectivity index (χ1v) is 10.7.